The molecule has 1 saturated carbocycles. The summed E-state index contributed by atoms with van der Waals surface area (Å²) in [6, 6.07) is 0. The van der Waals surface area contributed by atoms with E-state index in [-0.39, 0.29) is 5.28 Å². The highest BCUT2D eigenvalue weighted by molar-refractivity contribution is 6.28. The van der Waals surface area contributed by atoms with Crippen molar-refractivity contribution in [1.82, 2.24) is 9.97 Å². The van der Waals surface area contributed by atoms with Gasteiger partial charge in [-0.25, -0.2) is 9.97 Å². The van der Waals surface area contributed by atoms with Crippen molar-refractivity contribution in [2.45, 2.75) is 18.8 Å². The van der Waals surface area contributed by atoms with Crippen LogP contribution in [0.3, 0.4) is 0 Å². The summed E-state index contributed by atoms with van der Waals surface area (Å²) in [7, 11) is 0. The number of nitrogens with two attached hydrogens (primary N) is 1. The van der Waals surface area contributed by atoms with Gasteiger partial charge in [0, 0.05) is 11.8 Å². The Kier molecular flexibility index (Phi) is 1.46. The minimum absolute atomic E-state index is 0.229. The summed E-state index contributed by atoms with van der Waals surface area (Å²) in [5, 5.41) is 0.229. The second kappa shape index (κ2) is 2.34. The van der Waals surface area contributed by atoms with Crippen LogP contribution in [0.25, 0.3) is 0 Å². The highest BCUT2D eigenvalue weighted by Gasteiger charge is 2.26. The van der Waals surface area contributed by atoms with Crippen molar-refractivity contribution in [2.75, 3.05) is 5.73 Å². The first kappa shape index (κ1) is 6.85. The van der Waals surface area contributed by atoms with E-state index in [2.05, 4.69) is 9.97 Å². The Balaban J connectivity index is 2.39. The predicted octanol–water partition coefficient (Wildman–Crippen LogP) is 1.59. The van der Waals surface area contributed by atoms with Gasteiger partial charge in [0.05, 0.1) is 0 Å². The Hall–Kier alpha value is -0.830. The van der Waals surface area contributed by atoms with Crippen LogP contribution in [-0.4, -0.2) is 9.97 Å². The number of anilines is 1. The molecule has 1 aliphatic rings. The van der Waals surface area contributed by atoms with Gasteiger partial charge < -0.3 is 5.73 Å². The molecule has 1 aromatic heterocycles. The van der Waals surface area contributed by atoms with Crippen LogP contribution in [0.5, 0.6) is 0 Å². The van der Waals surface area contributed by atoms with Crippen LogP contribution >= 0.6 is 11.6 Å². The standard InChI is InChI=1S/C7H8ClN3/c8-7-10-3-5(4-1-2-4)6(9)11-7/h3-4H,1-2H2,(H2,9,10,11). The molecule has 0 aromatic carbocycles. The lowest BCUT2D eigenvalue weighted by atomic mass is 10.2. The molecule has 0 bridgehead atoms. The van der Waals surface area contributed by atoms with Crippen molar-refractivity contribution < 1.29 is 0 Å². The lowest BCUT2D eigenvalue weighted by Crippen LogP contribution is -1.97. The minimum atomic E-state index is 0.229. The quantitative estimate of drug-likeness (QED) is 0.650. The van der Waals surface area contributed by atoms with E-state index in [1.807, 2.05) is 0 Å². The fraction of sp³-hybridized carbons (Fsp3) is 0.429. The van der Waals surface area contributed by atoms with E-state index in [1.165, 1.54) is 12.8 Å². The maximum Gasteiger partial charge on any atom is 0.224 e. The SMILES string of the molecule is Nc1nc(Cl)ncc1C1CC1. The zero-order valence-electron chi connectivity index (χ0n) is 5.92. The van der Waals surface area contributed by atoms with E-state index in [0.29, 0.717) is 11.7 Å². The molecule has 1 fully saturated rings. The average Bonchev–Trinajstić information content (AvgIpc) is 2.70. The van der Waals surface area contributed by atoms with Crippen molar-refractivity contribution in [3.8, 4) is 0 Å². The molecule has 0 saturated heterocycles. The molecule has 58 valence electrons. The molecule has 2 rings (SSSR count). The first-order valence-electron chi connectivity index (χ1n) is 3.55. The minimum Gasteiger partial charge on any atom is -0.383 e. The second-order valence-electron chi connectivity index (χ2n) is 2.75. The summed E-state index contributed by atoms with van der Waals surface area (Å²) in [5.41, 5.74) is 6.68. The molecule has 0 spiro atoms. The molecule has 0 radical (unpaired) electrons. The van der Waals surface area contributed by atoms with Crippen molar-refractivity contribution in [2.24, 2.45) is 0 Å². The lowest BCUT2D eigenvalue weighted by Gasteiger charge is -2.00. The lowest BCUT2D eigenvalue weighted by molar-refractivity contribution is 1.05. The van der Waals surface area contributed by atoms with Gasteiger partial charge in [0.15, 0.2) is 0 Å². The third-order valence-electron chi connectivity index (χ3n) is 1.84. The van der Waals surface area contributed by atoms with Gasteiger partial charge in [-0.2, -0.15) is 0 Å². The normalized spacial score (nSPS) is 16.8. The number of nitrogens with zero attached hydrogens (tertiary/aromatic N) is 2. The van der Waals surface area contributed by atoms with E-state index in [1.54, 1.807) is 6.20 Å². The van der Waals surface area contributed by atoms with Crippen molar-refractivity contribution in [3.05, 3.63) is 17.0 Å². The molecule has 2 N–H and O–H groups in total. The Labute approximate surface area is 69.6 Å². The first-order valence-corrected chi connectivity index (χ1v) is 3.93. The molecule has 0 aliphatic heterocycles. The Morgan fingerprint density at radius 3 is 2.82 bits per heavy atom. The van der Waals surface area contributed by atoms with E-state index in [0.717, 1.165) is 5.56 Å². The zero-order valence-corrected chi connectivity index (χ0v) is 6.67. The maximum atomic E-state index is 5.63. The summed E-state index contributed by atoms with van der Waals surface area (Å²) in [4.78, 5) is 7.74. The molecule has 3 nitrogen and oxygen atoms in total. The molecular formula is C7H8ClN3. The van der Waals surface area contributed by atoms with E-state index in [9.17, 15) is 0 Å². The molecule has 4 heteroatoms. The summed E-state index contributed by atoms with van der Waals surface area (Å²) >= 11 is 5.54. The van der Waals surface area contributed by atoms with E-state index in [4.69, 9.17) is 17.3 Å². The molecule has 1 aliphatic carbocycles. The molecule has 1 aromatic rings. The fourth-order valence-electron chi connectivity index (χ4n) is 1.09. The topological polar surface area (TPSA) is 51.8 Å². The van der Waals surface area contributed by atoms with Crippen LogP contribution in [0.1, 0.15) is 24.3 Å². The van der Waals surface area contributed by atoms with Gasteiger partial charge in [0.2, 0.25) is 5.28 Å². The van der Waals surface area contributed by atoms with Gasteiger partial charge in [-0.1, -0.05) is 0 Å². The van der Waals surface area contributed by atoms with Gasteiger partial charge in [-0.05, 0) is 30.4 Å². The average molecular weight is 170 g/mol. The van der Waals surface area contributed by atoms with E-state index >= 15 is 0 Å². The monoisotopic (exact) mass is 169 g/mol. The largest absolute Gasteiger partial charge is 0.383 e. The van der Waals surface area contributed by atoms with Crippen LogP contribution in [-0.2, 0) is 0 Å². The Morgan fingerprint density at radius 2 is 2.27 bits per heavy atom. The van der Waals surface area contributed by atoms with E-state index < -0.39 is 0 Å². The fourth-order valence-corrected chi connectivity index (χ4v) is 1.23. The van der Waals surface area contributed by atoms with Crippen LogP contribution in [0.2, 0.25) is 5.28 Å². The smallest absolute Gasteiger partial charge is 0.224 e. The van der Waals surface area contributed by atoms with Gasteiger partial charge in [-0.3, -0.25) is 0 Å². The van der Waals surface area contributed by atoms with Gasteiger partial charge in [0.25, 0.3) is 0 Å². The van der Waals surface area contributed by atoms with Gasteiger partial charge in [-0.15, -0.1) is 0 Å². The summed E-state index contributed by atoms with van der Waals surface area (Å²) in [6.07, 6.45) is 4.13. The second-order valence-corrected chi connectivity index (χ2v) is 3.09. The van der Waals surface area contributed by atoms with Crippen LogP contribution in [0.15, 0.2) is 6.20 Å². The Bertz CT molecular complexity index is 283. The van der Waals surface area contributed by atoms with Crippen LogP contribution < -0.4 is 5.73 Å². The molecule has 0 amide bonds. The number of hydrogen-bond acceptors (Lipinski definition) is 3. The number of hydrogen-bond donors (Lipinski definition) is 1. The van der Waals surface area contributed by atoms with Gasteiger partial charge >= 0.3 is 0 Å². The summed E-state index contributed by atoms with van der Waals surface area (Å²) in [5.74, 6) is 1.12. The zero-order chi connectivity index (χ0) is 7.84. The summed E-state index contributed by atoms with van der Waals surface area (Å²) in [6.45, 7) is 0. The van der Waals surface area contributed by atoms with Gasteiger partial charge in [0.1, 0.15) is 5.82 Å². The Morgan fingerprint density at radius 1 is 1.55 bits per heavy atom. The van der Waals surface area contributed by atoms with Crippen LogP contribution in [0.4, 0.5) is 5.82 Å². The van der Waals surface area contributed by atoms with Crippen molar-refractivity contribution >= 4 is 17.4 Å². The predicted molar refractivity (Wildman–Crippen MR) is 43.4 cm³/mol. The third-order valence-corrected chi connectivity index (χ3v) is 2.02. The highest BCUT2D eigenvalue weighted by atomic mass is 35.5. The number of aromatic nitrogens is 2. The van der Waals surface area contributed by atoms with Crippen LogP contribution in [0, 0.1) is 0 Å². The molecule has 0 atom stereocenters. The maximum absolute atomic E-state index is 5.63. The molecule has 11 heavy (non-hydrogen) atoms. The first-order chi connectivity index (χ1) is 5.27. The summed E-state index contributed by atoms with van der Waals surface area (Å²) < 4.78 is 0. The molecule has 0 unspecified atom stereocenters. The highest BCUT2D eigenvalue weighted by Crippen LogP contribution is 2.41. The number of rotatable bonds is 1. The molecular weight excluding hydrogens is 162 g/mol. The third kappa shape index (κ3) is 1.28. The number of nitrogen functional groups attached to an aromatic ring is 1. The van der Waals surface area contributed by atoms with Crippen molar-refractivity contribution in [3.63, 3.8) is 0 Å². The number of halogens is 1. The molecule has 1 heterocycles. The van der Waals surface area contributed by atoms with Crippen molar-refractivity contribution in [1.29, 1.82) is 0 Å².